The van der Waals surface area contributed by atoms with Gasteiger partial charge in [-0.2, -0.15) is 5.10 Å². The Bertz CT molecular complexity index is 519. The molecule has 0 aromatic carbocycles. The maximum atomic E-state index is 4.33. The van der Waals surface area contributed by atoms with Gasteiger partial charge < -0.3 is 10.6 Å². The fourth-order valence-electron chi connectivity index (χ4n) is 1.79. The maximum absolute atomic E-state index is 4.33. The number of aromatic nitrogens is 4. The second-order valence-corrected chi connectivity index (χ2v) is 4.10. The molecular weight excluding hydrogens is 228 g/mol. The molecular formula is C12H18N6. The lowest BCUT2D eigenvalue weighted by molar-refractivity contribution is 0.741. The van der Waals surface area contributed by atoms with Crippen molar-refractivity contribution in [1.82, 2.24) is 19.7 Å². The molecule has 0 spiro atoms. The first-order chi connectivity index (χ1) is 8.70. The number of nitrogens with one attached hydrogen (secondary N) is 2. The lowest BCUT2D eigenvalue weighted by Crippen LogP contribution is -2.10. The van der Waals surface area contributed by atoms with Crippen molar-refractivity contribution in [3.8, 4) is 0 Å². The third kappa shape index (κ3) is 2.77. The first kappa shape index (κ1) is 12.3. The van der Waals surface area contributed by atoms with Gasteiger partial charge in [-0.3, -0.25) is 4.68 Å². The van der Waals surface area contributed by atoms with Gasteiger partial charge in [0.25, 0.3) is 0 Å². The first-order valence-corrected chi connectivity index (χ1v) is 5.92. The van der Waals surface area contributed by atoms with E-state index in [-0.39, 0.29) is 0 Å². The predicted octanol–water partition coefficient (Wildman–Crippen LogP) is 1.21. The van der Waals surface area contributed by atoms with Crippen molar-refractivity contribution in [3.63, 3.8) is 0 Å². The molecule has 0 fully saturated rings. The molecule has 0 amide bonds. The van der Waals surface area contributed by atoms with Crippen LogP contribution in [-0.4, -0.2) is 33.3 Å². The molecule has 0 saturated heterocycles. The Labute approximate surface area is 106 Å². The highest BCUT2D eigenvalue weighted by Crippen LogP contribution is 2.17. The third-order valence-corrected chi connectivity index (χ3v) is 2.76. The molecule has 6 heteroatoms. The van der Waals surface area contributed by atoms with Crippen molar-refractivity contribution in [3.05, 3.63) is 29.8 Å². The Hall–Kier alpha value is -2.11. The average Bonchev–Trinajstić information content (AvgIpc) is 2.77. The normalized spacial score (nSPS) is 10.4. The van der Waals surface area contributed by atoms with Gasteiger partial charge in [-0.05, 0) is 13.0 Å². The van der Waals surface area contributed by atoms with Crippen molar-refractivity contribution in [2.75, 3.05) is 24.2 Å². The number of aryl methyl sites for hydroxylation is 1. The van der Waals surface area contributed by atoms with E-state index in [2.05, 4.69) is 25.7 Å². The molecule has 0 aliphatic rings. The van der Waals surface area contributed by atoms with Crippen molar-refractivity contribution in [1.29, 1.82) is 0 Å². The second-order valence-electron chi connectivity index (χ2n) is 4.10. The zero-order valence-electron chi connectivity index (χ0n) is 10.9. The van der Waals surface area contributed by atoms with Crippen LogP contribution in [0, 0.1) is 6.92 Å². The van der Waals surface area contributed by atoms with Crippen molar-refractivity contribution >= 4 is 11.6 Å². The molecule has 96 valence electrons. The maximum Gasteiger partial charge on any atom is 0.134 e. The Kier molecular flexibility index (Phi) is 3.76. The van der Waals surface area contributed by atoms with Crippen LogP contribution in [0.15, 0.2) is 18.6 Å². The summed E-state index contributed by atoms with van der Waals surface area (Å²) < 4.78 is 1.81. The molecule has 2 aromatic rings. The van der Waals surface area contributed by atoms with E-state index in [0.717, 1.165) is 35.9 Å². The number of anilines is 2. The summed E-state index contributed by atoms with van der Waals surface area (Å²) in [6, 6.07) is 2.02. The smallest absolute Gasteiger partial charge is 0.134 e. The van der Waals surface area contributed by atoms with Gasteiger partial charge in [0.05, 0.1) is 5.69 Å². The lowest BCUT2D eigenvalue weighted by atomic mass is 10.3. The zero-order valence-corrected chi connectivity index (χ0v) is 10.9. The summed E-state index contributed by atoms with van der Waals surface area (Å²) in [6.07, 6.45) is 4.38. The fourth-order valence-corrected chi connectivity index (χ4v) is 1.79. The van der Waals surface area contributed by atoms with E-state index in [1.165, 1.54) is 0 Å². The number of hydrogen-bond acceptors (Lipinski definition) is 5. The van der Waals surface area contributed by atoms with Gasteiger partial charge in [-0.15, -0.1) is 0 Å². The second kappa shape index (κ2) is 5.48. The van der Waals surface area contributed by atoms with Crippen LogP contribution in [-0.2, 0) is 13.5 Å². The quantitative estimate of drug-likeness (QED) is 0.830. The molecule has 0 aliphatic carbocycles. The van der Waals surface area contributed by atoms with Gasteiger partial charge in [0.1, 0.15) is 18.0 Å². The topological polar surface area (TPSA) is 67.7 Å². The number of hydrogen-bond donors (Lipinski definition) is 2. The summed E-state index contributed by atoms with van der Waals surface area (Å²) in [4.78, 5) is 8.38. The Morgan fingerprint density at radius 2 is 2.06 bits per heavy atom. The average molecular weight is 246 g/mol. The summed E-state index contributed by atoms with van der Waals surface area (Å²) in [5, 5.41) is 10.7. The highest BCUT2D eigenvalue weighted by Gasteiger charge is 2.05. The van der Waals surface area contributed by atoms with E-state index < -0.39 is 0 Å². The standard InChI is InChI=1S/C12H18N6/c1-9-11(13-2)15-8-16-12(9)14-6-4-10-5-7-18(3)17-10/h5,7-8H,4,6H2,1-3H3,(H2,13,14,15,16). The Balaban J connectivity index is 1.94. The van der Waals surface area contributed by atoms with E-state index in [4.69, 9.17) is 0 Å². The number of nitrogens with zero attached hydrogens (tertiary/aromatic N) is 4. The van der Waals surface area contributed by atoms with Crippen LogP contribution in [0.2, 0.25) is 0 Å². The predicted molar refractivity (Wildman–Crippen MR) is 71.7 cm³/mol. The molecule has 2 heterocycles. The van der Waals surface area contributed by atoms with Gasteiger partial charge in [0, 0.05) is 38.8 Å². The van der Waals surface area contributed by atoms with Crippen molar-refractivity contribution < 1.29 is 0 Å². The van der Waals surface area contributed by atoms with Crippen LogP contribution < -0.4 is 10.6 Å². The van der Waals surface area contributed by atoms with Crippen molar-refractivity contribution in [2.45, 2.75) is 13.3 Å². The highest BCUT2D eigenvalue weighted by molar-refractivity contribution is 5.56. The van der Waals surface area contributed by atoms with Crippen LogP contribution in [0.1, 0.15) is 11.3 Å². The minimum atomic E-state index is 0.804. The summed E-state index contributed by atoms with van der Waals surface area (Å²) in [5.74, 6) is 1.72. The SMILES string of the molecule is CNc1ncnc(NCCc2ccn(C)n2)c1C. The molecule has 0 unspecified atom stereocenters. The van der Waals surface area contributed by atoms with Crippen LogP contribution in [0.25, 0.3) is 0 Å². The first-order valence-electron chi connectivity index (χ1n) is 5.92. The van der Waals surface area contributed by atoms with E-state index >= 15 is 0 Å². The molecule has 0 radical (unpaired) electrons. The zero-order chi connectivity index (χ0) is 13.0. The fraction of sp³-hybridized carbons (Fsp3) is 0.417. The van der Waals surface area contributed by atoms with Gasteiger partial charge >= 0.3 is 0 Å². The van der Waals surface area contributed by atoms with Crippen molar-refractivity contribution in [2.24, 2.45) is 7.05 Å². The van der Waals surface area contributed by atoms with E-state index in [1.54, 1.807) is 6.33 Å². The Morgan fingerprint density at radius 3 is 2.72 bits per heavy atom. The molecule has 2 rings (SSSR count). The highest BCUT2D eigenvalue weighted by atomic mass is 15.2. The molecule has 18 heavy (non-hydrogen) atoms. The van der Waals surface area contributed by atoms with E-state index in [9.17, 15) is 0 Å². The minimum Gasteiger partial charge on any atom is -0.373 e. The molecule has 6 nitrogen and oxygen atoms in total. The lowest BCUT2D eigenvalue weighted by Gasteiger charge is -2.10. The summed E-state index contributed by atoms with van der Waals surface area (Å²) in [7, 11) is 3.78. The van der Waals surface area contributed by atoms with Gasteiger partial charge in [-0.1, -0.05) is 0 Å². The largest absolute Gasteiger partial charge is 0.373 e. The summed E-state index contributed by atoms with van der Waals surface area (Å²) in [6.45, 7) is 2.80. The van der Waals surface area contributed by atoms with E-state index in [0.29, 0.717) is 0 Å². The summed E-state index contributed by atoms with van der Waals surface area (Å²) in [5.41, 5.74) is 2.10. The molecule has 2 N–H and O–H groups in total. The van der Waals surface area contributed by atoms with Crippen LogP contribution in [0.4, 0.5) is 11.6 Å². The number of rotatable bonds is 5. The van der Waals surface area contributed by atoms with Gasteiger partial charge in [0.2, 0.25) is 0 Å². The third-order valence-electron chi connectivity index (χ3n) is 2.76. The molecule has 0 atom stereocenters. The monoisotopic (exact) mass is 246 g/mol. The summed E-state index contributed by atoms with van der Waals surface area (Å²) >= 11 is 0. The van der Waals surface area contributed by atoms with Gasteiger partial charge in [-0.25, -0.2) is 9.97 Å². The molecule has 2 aromatic heterocycles. The van der Waals surface area contributed by atoms with E-state index in [1.807, 2.05) is 38.0 Å². The minimum absolute atomic E-state index is 0.804. The molecule has 0 saturated carbocycles. The Morgan fingerprint density at radius 1 is 1.28 bits per heavy atom. The van der Waals surface area contributed by atoms with Crippen LogP contribution in [0.3, 0.4) is 0 Å². The van der Waals surface area contributed by atoms with Crippen LogP contribution in [0.5, 0.6) is 0 Å². The van der Waals surface area contributed by atoms with Gasteiger partial charge in [0.15, 0.2) is 0 Å². The van der Waals surface area contributed by atoms with Crippen LogP contribution >= 0.6 is 0 Å². The molecule has 0 aliphatic heterocycles. The molecule has 0 bridgehead atoms.